The van der Waals surface area contributed by atoms with Gasteiger partial charge in [0.15, 0.2) is 0 Å². The third kappa shape index (κ3) is 3.90. The molecular weight excluding hydrogens is 320 g/mol. The number of carbonyl (C=O) groups excluding carboxylic acids is 1. The molecule has 1 amide bonds. The van der Waals surface area contributed by atoms with Gasteiger partial charge in [-0.15, -0.1) is 11.8 Å². The van der Waals surface area contributed by atoms with Crippen LogP contribution in [0.5, 0.6) is 0 Å². The monoisotopic (exact) mass is 337 g/mol. The van der Waals surface area contributed by atoms with Gasteiger partial charge in [-0.25, -0.2) is 13.5 Å². The first-order valence-electron chi connectivity index (χ1n) is 7.46. The van der Waals surface area contributed by atoms with Crippen molar-refractivity contribution in [2.45, 2.75) is 30.7 Å². The Bertz CT molecular complexity index is 715. The summed E-state index contributed by atoms with van der Waals surface area (Å²) in [5.41, 5.74) is 0. The van der Waals surface area contributed by atoms with E-state index < -0.39 is 11.6 Å². The summed E-state index contributed by atoms with van der Waals surface area (Å²) < 4.78 is 28.4. The molecule has 1 atom stereocenters. The summed E-state index contributed by atoms with van der Waals surface area (Å²) in [6.07, 6.45) is 4.01. The summed E-state index contributed by atoms with van der Waals surface area (Å²) in [5.74, 6) is -0.0784. The zero-order valence-electron chi connectivity index (χ0n) is 12.6. The average molecular weight is 337 g/mol. The minimum Gasteiger partial charge on any atom is -0.310 e. The molecule has 1 aromatic carbocycles. The molecular formula is C16H17F2N3OS. The van der Waals surface area contributed by atoms with Gasteiger partial charge in [-0.3, -0.25) is 4.79 Å². The van der Waals surface area contributed by atoms with Crippen LogP contribution in [0.3, 0.4) is 0 Å². The van der Waals surface area contributed by atoms with Gasteiger partial charge >= 0.3 is 0 Å². The summed E-state index contributed by atoms with van der Waals surface area (Å²) in [6, 6.07) is 5.18. The number of halogens is 2. The topological polar surface area (TPSA) is 46.9 Å². The van der Waals surface area contributed by atoms with E-state index in [2.05, 4.69) is 17.3 Å². The molecule has 122 valence electrons. The Balaban J connectivity index is 1.59. The number of aromatic nitrogens is 2. The van der Waals surface area contributed by atoms with E-state index in [9.17, 15) is 13.6 Å². The van der Waals surface area contributed by atoms with Gasteiger partial charge in [0, 0.05) is 11.0 Å². The first kappa shape index (κ1) is 16.0. The Morgan fingerprint density at radius 3 is 2.96 bits per heavy atom. The van der Waals surface area contributed by atoms with Gasteiger partial charge in [0.2, 0.25) is 5.91 Å². The number of rotatable bonds is 6. The highest BCUT2D eigenvalue weighted by molar-refractivity contribution is 8.00. The van der Waals surface area contributed by atoms with Crippen molar-refractivity contribution in [3.05, 3.63) is 42.1 Å². The highest BCUT2D eigenvalue weighted by Crippen LogP contribution is 2.40. The van der Waals surface area contributed by atoms with Gasteiger partial charge in [-0.1, -0.05) is 0 Å². The van der Waals surface area contributed by atoms with Gasteiger partial charge in [0.05, 0.1) is 18.0 Å². The molecule has 7 heteroatoms. The highest BCUT2D eigenvalue weighted by Gasteiger charge is 2.30. The van der Waals surface area contributed by atoms with Crippen molar-refractivity contribution in [1.82, 2.24) is 9.78 Å². The normalized spacial score (nSPS) is 15.4. The first-order chi connectivity index (χ1) is 11.0. The van der Waals surface area contributed by atoms with E-state index >= 15 is 0 Å². The molecule has 4 nitrogen and oxygen atoms in total. The highest BCUT2D eigenvalue weighted by atomic mass is 32.2. The SMILES string of the molecule is CC(C1CC1)n1nccc1NC(=O)CSc1cc(F)ccc1F. The fourth-order valence-corrected chi connectivity index (χ4v) is 3.19. The van der Waals surface area contributed by atoms with Crippen LogP contribution in [0.2, 0.25) is 0 Å². The Morgan fingerprint density at radius 2 is 2.22 bits per heavy atom. The lowest BCUT2D eigenvalue weighted by Gasteiger charge is -2.15. The lowest BCUT2D eigenvalue weighted by Crippen LogP contribution is -2.19. The lowest BCUT2D eigenvalue weighted by molar-refractivity contribution is -0.113. The molecule has 0 spiro atoms. The van der Waals surface area contributed by atoms with E-state index in [0.717, 1.165) is 30.0 Å². The van der Waals surface area contributed by atoms with E-state index in [1.165, 1.54) is 12.8 Å². The molecule has 1 unspecified atom stereocenters. The molecule has 2 aromatic rings. The maximum atomic E-state index is 13.5. The second-order valence-corrected chi connectivity index (χ2v) is 6.67. The maximum Gasteiger partial charge on any atom is 0.235 e. The number of hydrogen-bond acceptors (Lipinski definition) is 3. The number of nitrogens with zero attached hydrogens (tertiary/aromatic N) is 2. The zero-order valence-corrected chi connectivity index (χ0v) is 13.4. The van der Waals surface area contributed by atoms with E-state index in [4.69, 9.17) is 0 Å². The zero-order chi connectivity index (χ0) is 16.4. The maximum absolute atomic E-state index is 13.5. The Morgan fingerprint density at radius 1 is 1.43 bits per heavy atom. The van der Waals surface area contributed by atoms with Gasteiger partial charge in [0.25, 0.3) is 0 Å². The Hall–Kier alpha value is -1.89. The minimum absolute atomic E-state index is 0.00334. The quantitative estimate of drug-likeness (QED) is 0.814. The average Bonchev–Trinajstić information content (AvgIpc) is 3.28. The van der Waals surface area contributed by atoms with Crippen LogP contribution in [0, 0.1) is 17.6 Å². The lowest BCUT2D eigenvalue weighted by atomic mass is 10.2. The molecule has 1 fully saturated rings. The molecule has 1 aliphatic rings. The molecule has 0 radical (unpaired) electrons. The van der Waals surface area contributed by atoms with E-state index in [1.54, 1.807) is 12.3 Å². The molecule has 1 N–H and O–H groups in total. The molecule has 0 saturated heterocycles. The third-order valence-electron chi connectivity index (χ3n) is 3.88. The van der Waals surface area contributed by atoms with Crippen LogP contribution >= 0.6 is 11.8 Å². The van der Waals surface area contributed by atoms with Crippen molar-refractivity contribution in [1.29, 1.82) is 0 Å². The van der Waals surface area contributed by atoms with E-state index in [1.807, 2.05) is 4.68 Å². The van der Waals surface area contributed by atoms with Crippen LogP contribution in [0.4, 0.5) is 14.6 Å². The minimum atomic E-state index is -0.531. The summed E-state index contributed by atoms with van der Waals surface area (Å²) in [6.45, 7) is 2.08. The molecule has 23 heavy (non-hydrogen) atoms. The predicted octanol–water partition coefficient (Wildman–Crippen LogP) is 3.86. The number of anilines is 1. The van der Waals surface area contributed by atoms with E-state index in [-0.39, 0.29) is 22.6 Å². The van der Waals surface area contributed by atoms with Crippen LogP contribution < -0.4 is 5.32 Å². The summed E-state index contributed by atoms with van der Waals surface area (Å²) >= 11 is 0.967. The number of benzene rings is 1. The predicted molar refractivity (Wildman–Crippen MR) is 85.4 cm³/mol. The van der Waals surface area contributed by atoms with Crippen LogP contribution in [0.25, 0.3) is 0 Å². The molecule has 1 heterocycles. The number of thioether (sulfide) groups is 1. The second kappa shape index (κ2) is 6.70. The van der Waals surface area contributed by atoms with Crippen molar-refractivity contribution < 1.29 is 13.6 Å². The fourth-order valence-electron chi connectivity index (χ4n) is 2.43. The van der Waals surface area contributed by atoms with Crippen LogP contribution in [0.1, 0.15) is 25.8 Å². The Kier molecular flexibility index (Phi) is 4.66. The van der Waals surface area contributed by atoms with Crippen molar-refractivity contribution in [3.8, 4) is 0 Å². The number of amides is 1. The number of nitrogens with one attached hydrogen (secondary N) is 1. The fraction of sp³-hybridized carbons (Fsp3) is 0.375. The molecule has 0 aliphatic heterocycles. The summed E-state index contributed by atoms with van der Waals surface area (Å²) in [5, 5.41) is 7.04. The van der Waals surface area contributed by atoms with Crippen molar-refractivity contribution >= 4 is 23.5 Å². The van der Waals surface area contributed by atoms with Gasteiger partial charge < -0.3 is 5.32 Å². The van der Waals surface area contributed by atoms with E-state index in [0.29, 0.717) is 11.7 Å². The molecule has 1 aliphatic carbocycles. The summed E-state index contributed by atoms with van der Waals surface area (Å²) in [4.78, 5) is 12.2. The van der Waals surface area contributed by atoms with Gasteiger partial charge in [0.1, 0.15) is 17.5 Å². The molecule has 1 aromatic heterocycles. The third-order valence-corrected chi connectivity index (χ3v) is 4.91. The van der Waals surface area contributed by atoms with Crippen LogP contribution in [-0.4, -0.2) is 21.4 Å². The summed E-state index contributed by atoms with van der Waals surface area (Å²) in [7, 11) is 0. The van der Waals surface area contributed by atoms with Crippen molar-refractivity contribution in [2.75, 3.05) is 11.1 Å². The van der Waals surface area contributed by atoms with Crippen molar-refractivity contribution in [3.63, 3.8) is 0 Å². The standard InChI is InChI=1S/C16H17F2N3OS/c1-10(11-2-3-11)21-15(6-7-19-21)20-16(22)9-23-14-8-12(17)4-5-13(14)18/h4-8,10-11H,2-3,9H2,1H3,(H,20,22). The van der Waals surface area contributed by atoms with Gasteiger partial charge in [-0.05, 0) is 43.9 Å². The largest absolute Gasteiger partial charge is 0.310 e. The Labute approximate surface area is 137 Å². The molecule has 0 bridgehead atoms. The molecule has 1 saturated carbocycles. The first-order valence-corrected chi connectivity index (χ1v) is 8.44. The van der Waals surface area contributed by atoms with Crippen LogP contribution in [-0.2, 0) is 4.79 Å². The smallest absolute Gasteiger partial charge is 0.235 e. The van der Waals surface area contributed by atoms with Crippen molar-refractivity contribution in [2.24, 2.45) is 5.92 Å². The van der Waals surface area contributed by atoms with Crippen LogP contribution in [0.15, 0.2) is 35.4 Å². The van der Waals surface area contributed by atoms with Gasteiger partial charge in [-0.2, -0.15) is 5.10 Å². The second-order valence-electron chi connectivity index (χ2n) is 5.65. The molecule has 3 rings (SSSR count). The number of carbonyl (C=O) groups is 1. The number of hydrogen-bond donors (Lipinski definition) is 1.